The molecule has 2 aliphatic rings. The van der Waals surface area contributed by atoms with E-state index < -0.39 is 6.10 Å². The zero-order valence-corrected chi connectivity index (χ0v) is 18.7. The third-order valence-electron chi connectivity index (χ3n) is 6.73. The Morgan fingerprint density at radius 3 is 2.58 bits per heavy atom. The van der Waals surface area contributed by atoms with E-state index in [1.165, 1.54) is 5.56 Å². The third kappa shape index (κ3) is 4.28. The standard InChI is InChI=1S/C26H28N4O3/c1-29(20-8-3-2-4-9-20)25(31)23-17-22(27-28-23)19-11-14-30(15-12-19)26(32)24-21-10-6-5-7-18(21)13-16-33-24/h2-10,17,19,24H,11-16H2,1H3,(H,27,28). The number of H-pyrrole nitrogens is 1. The monoisotopic (exact) mass is 444 g/mol. The average Bonchev–Trinajstić information content (AvgIpc) is 3.38. The quantitative estimate of drug-likeness (QED) is 0.666. The van der Waals surface area contributed by atoms with Crippen LogP contribution < -0.4 is 4.90 Å². The fourth-order valence-corrected chi connectivity index (χ4v) is 4.77. The number of aromatic nitrogens is 2. The van der Waals surface area contributed by atoms with Gasteiger partial charge in [0, 0.05) is 37.4 Å². The summed E-state index contributed by atoms with van der Waals surface area (Å²) in [6.07, 6.45) is 1.99. The van der Waals surface area contributed by atoms with Crippen molar-refractivity contribution in [2.45, 2.75) is 31.3 Å². The van der Waals surface area contributed by atoms with E-state index in [9.17, 15) is 9.59 Å². The molecule has 1 fully saturated rings. The van der Waals surface area contributed by atoms with E-state index in [0.717, 1.165) is 36.2 Å². The Balaban J connectivity index is 1.21. The van der Waals surface area contributed by atoms with E-state index in [1.807, 2.05) is 59.5 Å². The van der Waals surface area contributed by atoms with Gasteiger partial charge >= 0.3 is 0 Å². The highest BCUT2D eigenvalue weighted by Crippen LogP contribution is 2.32. The van der Waals surface area contributed by atoms with Gasteiger partial charge in [-0.1, -0.05) is 42.5 Å². The van der Waals surface area contributed by atoms with Crippen molar-refractivity contribution < 1.29 is 14.3 Å². The molecule has 170 valence electrons. The SMILES string of the molecule is CN(C(=O)c1cc(C2CCN(C(=O)C3OCCc4ccccc43)CC2)[nH]n1)c1ccccc1. The highest BCUT2D eigenvalue weighted by molar-refractivity contribution is 6.04. The molecule has 7 nitrogen and oxygen atoms in total. The van der Waals surface area contributed by atoms with Gasteiger partial charge in [-0.25, -0.2) is 0 Å². The molecule has 0 saturated carbocycles. The van der Waals surface area contributed by atoms with Crippen LogP contribution in [0.3, 0.4) is 0 Å². The predicted molar refractivity (Wildman–Crippen MR) is 125 cm³/mol. The van der Waals surface area contributed by atoms with Gasteiger partial charge in [0.25, 0.3) is 11.8 Å². The minimum atomic E-state index is -0.503. The van der Waals surface area contributed by atoms with Gasteiger partial charge in [-0.3, -0.25) is 14.7 Å². The first kappa shape index (κ1) is 21.4. The molecule has 2 amide bonds. The number of nitrogens with zero attached hydrogens (tertiary/aromatic N) is 3. The number of para-hydroxylation sites is 1. The van der Waals surface area contributed by atoms with Gasteiger partial charge in [-0.15, -0.1) is 0 Å². The second-order valence-corrected chi connectivity index (χ2v) is 8.71. The molecule has 1 aromatic heterocycles. The molecule has 0 radical (unpaired) electrons. The van der Waals surface area contributed by atoms with Crippen LogP contribution in [0.2, 0.25) is 0 Å². The normalized spacial score (nSPS) is 18.6. The van der Waals surface area contributed by atoms with Crippen LogP contribution in [0.5, 0.6) is 0 Å². The van der Waals surface area contributed by atoms with E-state index in [2.05, 4.69) is 16.3 Å². The minimum absolute atomic E-state index is 0.0468. The first-order valence-corrected chi connectivity index (χ1v) is 11.5. The smallest absolute Gasteiger partial charge is 0.278 e. The van der Waals surface area contributed by atoms with Gasteiger partial charge in [0.2, 0.25) is 0 Å². The van der Waals surface area contributed by atoms with Crippen molar-refractivity contribution >= 4 is 17.5 Å². The van der Waals surface area contributed by atoms with Crippen molar-refractivity contribution in [1.29, 1.82) is 0 Å². The van der Waals surface area contributed by atoms with Crippen LogP contribution in [0, 0.1) is 0 Å². The van der Waals surface area contributed by atoms with Crippen LogP contribution in [-0.2, 0) is 16.0 Å². The number of aromatic amines is 1. The van der Waals surface area contributed by atoms with Crippen LogP contribution in [0.25, 0.3) is 0 Å². The molecule has 0 bridgehead atoms. The highest BCUT2D eigenvalue weighted by atomic mass is 16.5. The van der Waals surface area contributed by atoms with Crippen molar-refractivity contribution in [2.75, 3.05) is 31.6 Å². The van der Waals surface area contributed by atoms with E-state index in [-0.39, 0.29) is 17.7 Å². The van der Waals surface area contributed by atoms with Crippen LogP contribution in [0.15, 0.2) is 60.7 Å². The number of nitrogens with one attached hydrogen (secondary N) is 1. The number of amides is 2. The number of rotatable bonds is 4. The lowest BCUT2D eigenvalue weighted by atomic mass is 9.92. The molecule has 3 heterocycles. The Bertz CT molecular complexity index is 1140. The molecule has 3 aromatic rings. The molecule has 33 heavy (non-hydrogen) atoms. The molecule has 1 N–H and O–H groups in total. The number of carbonyl (C=O) groups is 2. The molecule has 1 saturated heterocycles. The summed E-state index contributed by atoms with van der Waals surface area (Å²) in [5.74, 6) is 0.139. The van der Waals surface area contributed by atoms with E-state index in [4.69, 9.17) is 4.74 Å². The van der Waals surface area contributed by atoms with Crippen LogP contribution in [0.1, 0.15) is 52.2 Å². The maximum Gasteiger partial charge on any atom is 0.278 e. The fraction of sp³-hybridized carbons (Fsp3) is 0.346. The van der Waals surface area contributed by atoms with Crippen molar-refractivity contribution in [3.63, 3.8) is 0 Å². The zero-order chi connectivity index (χ0) is 22.8. The summed E-state index contributed by atoms with van der Waals surface area (Å²) in [4.78, 5) is 29.5. The summed E-state index contributed by atoms with van der Waals surface area (Å²) in [7, 11) is 1.75. The lowest BCUT2D eigenvalue weighted by molar-refractivity contribution is -0.146. The zero-order valence-electron chi connectivity index (χ0n) is 18.7. The van der Waals surface area contributed by atoms with Gasteiger partial charge in [0.05, 0.1) is 6.61 Å². The van der Waals surface area contributed by atoms with Crippen molar-refractivity contribution in [3.8, 4) is 0 Å². The number of benzene rings is 2. The summed E-state index contributed by atoms with van der Waals surface area (Å²) in [5.41, 5.74) is 4.38. The first-order valence-electron chi connectivity index (χ1n) is 11.5. The lowest BCUT2D eigenvalue weighted by Crippen LogP contribution is -2.42. The van der Waals surface area contributed by atoms with Gasteiger partial charge < -0.3 is 14.5 Å². The number of likely N-dealkylation sites (tertiary alicyclic amines) is 1. The number of fused-ring (bicyclic) bond motifs is 1. The number of hydrogen-bond acceptors (Lipinski definition) is 4. The Kier molecular flexibility index (Phi) is 5.96. The summed E-state index contributed by atoms with van der Waals surface area (Å²) in [5, 5.41) is 7.33. The Morgan fingerprint density at radius 2 is 1.79 bits per heavy atom. The van der Waals surface area contributed by atoms with Gasteiger partial charge in [-0.2, -0.15) is 5.10 Å². The molecule has 0 aliphatic carbocycles. The largest absolute Gasteiger partial charge is 0.363 e. The second-order valence-electron chi connectivity index (χ2n) is 8.71. The first-order chi connectivity index (χ1) is 16.1. The molecule has 2 aliphatic heterocycles. The summed E-state index contributed by atoms with van der Waals surface area (Å²) < 4.78 is 5.87. The average molecular weight is 445 g/mol. The molecule has 1 atom stereocenters. The van der Waals surface area contributed by atoms with Crippen molar-refractivity contribution in [2.24, 2.45) is 0 Å². The molecule has 1 unspecified atom stereocenters. The Labute approximate surface area is 193 Å². The van der Waals surface area contributed by atoms with Crippen LogP contribution in [0.4, 0.5) is 5.69 Å². The number of piperidine rings is 1. The minimum Gasteiger partial charge on any atom is -0.363 e. The molecular formula is C26H28N4O3. The number of ether oxygens (including phenoxy) is 1. The van der Waals surface area contributed by atoms with Gasteiger partial charge in [-0.05, 0) is 48.6 Å². The number of hydrogen-bond donors (Lipinski definition) is 1. The van der Waals surface area contributed by atoms with Gasteiger partial charge in [0.15, 0.2) is 11.8 Å². The van der Waals surface area contributed by atoms with E-state index in [1.54, 1.807) is 11.9 Å². The molecule has 7 heteroatoms. The Morgan fingerprint density at radius 1 is 1.06 bits per heavy atom. The Hall–Kier alpha value is -3.45. The van der Waals surface area contributed by atoms with E-state index in [0.29, 0.717) is 25.4 Å². The van der Waals surface area contributed by atoms with Gasteiger partial charge in [0.1, 0.15) is 0 Å². The van der Waals surface area contributed by atoms with Crippen LogP contribution in [-0.4, -0.2) is 53.7 Å². The second kappa shape index (κ2) is 9.19. The van der Waals surface area contributed by atoms with Crippen molar-refractivity contribution in [3.05, 3.63) is 83.2 Å². The summed E-state index contributed by atoms with van der Waals surface area (Å²) >= 11 is 0. The predicted octanol–water partition coefficient (Wildman–Crippen LogP) is 3.71. The highest BCUT2D eigenvalue weighted by Gasteiger charge is 2.33. The lowest BCUT2D eigenvalue weighted by Gasteiger charge is -2.35. The maximum absolute atomic E-state index is 13.2. The molecular weight excluding hydrogens is 416 g/mol. The van der Waals surface area contributed by atoms with Crippen LogP contribution >= 0.6 is 0 Å². The van der Waals surface area contributed by atoms with Crippen molar-refractivity contribution in [1.82, 2.24) is 15.1 Å². The fourth-order valence-electron chi connectivity index (χ4n) is 4.77. The molecule has 5 rings (SSSR count). The number of anilines is 1. The summed E-state index contributed by atoms with van der Waals surface area (Å²) in [6, 6.07) is 19.4. The molecule has 2 aromatic carbocycles. The van der Waals surface area contributed by atoms with E-state index >= 15 is 0 Å². The topological polar surface area (TPSA) is 78.5 Å². The third-order valence-corrected chi connectivity index (χ3v) is 6.73. The number of carbonyl (C=O) groups excluding carboxylic acids is 2. The molecule has 0 spiro atoms. The maximum atomic E-state index is 13.2. The summed E-state index contributed by atoms with van der Waals surface area (Å²) in [6.45, 7) is 1.90.